The highest BCUT2D eigenvalue weighted by Crippen LogP contribution is 2.40. The van der Waals surface area contributed by atoms with Gasteiger partial charge in [-0.1, -0.05) is 6.07 Å². The molecule has 70 valence electrons. The van der Waals surface area contributed by atoms with E-state index in [4.69, 9.17) is 5.73 Å². The topological polar surface area (TPSA) is 46.2 Å². The fraction of sp³-hybridized carbons (Fsp3) is 0.455. The molecule has 0 spiro atoms. The molecule has 1 aliphatic carbocycles. The van der Waals surface area contributed by atoms with Crippen molar-refractivity contribution in [2.45, 2.75) is 25.8 Å². The van der Waals surface area contributed by atoms with Crippen molar-refractivity contribution in [3.63, 3.8) is 0 Å². The van der Waals surface area contributed by atoms with Crippen LogP contribution in [0.15, 0.2) is 18.2 Å². The summed E-state index contributed by atoms with van der Waals surface area (Å²) in [7, 11) is 0. The Morgan fingerprint density at radius 2 is 2.15 bits per heavy atom. The van der Waals surface area contributed by atoms with Crippen LogP contribution >= 0.6 is 0 Å². The van der Waals surface area contributed by atoms with Crippen molar-refractivity contribution in [1.82, 2.24) is 0 Å². The van der Waals surface area contributed by atoms with Crippen LogP contribution in [0.3, 0.4) is 0 Å². The Labute approximate surface area is 78.4 Å². The fourth-order valence-corrected chi connectivity index (χ4v) is 1.70. The van der Waals surface area contributed by atoms with Crippen molar-refractivity contribution in [2.24, 2.45) is 11.7 Å². The van der Waals surface area contributed by atoms with Crippen molar-refractivity contribution in [2.75, 3.05) is 0 Å². The van der Waals surface area contributed by atoms with Crippen LogP contribution in [0.2, 0.25) is 0 Å². The summed E-state index contributed by atoms with van der Waals surface area (Å²) in [5.74, 6) is 0.956. The standard InChI is InChI=1S/C11H15NO/c1-7-2-5-9(13)6-10(7)11(12)8-3-4-8/h2,5-6,8,11,13H,3-4,12H2,1H3/t11-/m1/s1. The van der Waals surface area contributed by atoms with E-state index in [1.165, 1.54) is 18.4 Å². The largest absolute Gasteiger partial charge is 0.508 e. The molecule has 1 saturated carbocycles. The predicted octanol–water partition coefficient (Wildman–Crippen LogP) is 2.11. The van der Waals surface area contributed by atoms with Gasteiger partial charge in [0.1, 0.15) is 5.75 Å². The van der Waals surface area contributed by atoms with Gasteiger partial charge >= 0.3 is 0 Å². The molecule has 0 bridgehead atoms. The van der Waals surface area contributed by atoms with E-state index in [0.717, 1.165) is 5.56 Å². The van der Waals surface area contributed by atoms with Gasteiger partial charge in [-0.25, -0.2) is 0 Å². The number of hydrogen-bond acceptors (Lipinski definition) is 2. The van der Waals surface area contributed by atoms with Crippen LogP contribution in [-0.2, 0) is 0 Å². The Balaban J connectivity index is 2.31. The second-order valence-electron chi connectivity index (χ2n) is 3.90. The van der Waals surface area contributed by atoms with Gasteiger partial charge in [-0.3, -0.25) is 0 Å². The van der Waals surface area contributed by atoms with E-state index >= 15 is 0 Å². The van der Waals surface area contributed by atoms with Crippen molar-refractivity contribution < 1.29 is 5.11 Å². The van der Waals surface area contributed by atoms with Crippen LogP contribution in [0.5, 0.6) is 5.75 Å². The molecular formula is C11H15NO. The predicted molar refractivity (Wildman–Crippen MR) is 52.5 cm³/mol. The van der Waals surface area contributed by atoms with Crippen molar-refractivity contribution in [3.05, 3.63) is 29.3 Å². The summed E-state index contributed by atoms with van der Waals surface area (Å²) in [5, 5.41) is 9.33. The molecule has 13 heavy (non-hydrogen) atoms. The maximum absolute atomic E-state index is 9.33. The number of benzene rings is 1. The van der Waals surface area contributed by atoms with Gasteiger partial charge in [0.15, 0.2) is 0 Å². The Morgan fingerprint density at radius 1 is 1.46 bits per heavy atom. The lowest BCUT2D eigenvalue weighted by molar-refractivity contribution is 0.472. The zero-order valence-corrected chi connectivity index (χ0v) is 7.83. The van der Waals surface area contributed by atoms with Gasteiger partial charge in [-0.2, -0.15) is 0 Å². The molecule has 0 radical (unpaired) electrons. The van der Waals surface area contributed by atoms with Gasteiger partial charge < -0.3 is 10.8 Å². The van der Waals surface area contributed by atoms with E-state index in [1.54, 1.807) is 12.1 Å². The highest BCUT2D eigenvalue weighted by atomic mass is 16.3. The highest BCUT2D eigenvalue weighted by Gasteiger charge is 2.30. The summed E-state index contributed by atoms with van der Waals surface area (Å²) < 4.78 is 0. The maximum atomic E-state index is 9.33. The number of hydrogen-bond donors (Lipinski definition) is 2. The van der Waals surface area contributed by atoms with E-state index in [0.29, 0.717) is 11.7 Å². The third kappa shape index (κ3) is 1.68. The molecule has 1 aromatic rings. The SMILES string of the molecule is Cc1ccc(O)cc1[C@H](N)C1CC1. The molecule has 1 fully saturated rings. The molecule has 3 N–H and O–H groups in total. The van der Waals surface area contributed by atoms with Crippen LogP contribution in [0.4, 0.5) is 0 Å². The number of aromatic hydroxyl groups is 1. The Bertz CT molecular complexity index is 318. The molecular weight excluding hydrogens is 162 g/mol. The molecule has 2 heteroatoms. The number of phenolic OH excluding ortho intramolecular Hbond substituents is 1. The summed E-state index contributed by atoms with van der Waals surface area (Å²) in [6, 6.07) is 5.54. The molecule has 2 rings (SSSR count). The maximum Gasteiger partial charge on any atom is 0.115 e. The first-order chi connectivity index (χ1) is 6.18. The number of nitrogens with two attached hydrogens (primary N) is 1. The molecule has 0 amide bonds. The van der Waals surface area contributed by atoms with Gasteiger partial charge in [-0.15, -0.1) is 0 Å². The molecule has 0 aromatic heterocycles. The second kappa shape index (κ2) is 3.04. The fourth-order valence-electron chi connectivity index (χ4n) is 1.70. The first-order valence-electron chi connectivity index (χ1n) is 4.73. The monoisotopic (exact) mass is 177 g/mol. The zero-order valence-electron chi connectivity index (χ0n) is 7.83. The van der Waals surface area contributed by atoms with Crippen LogP contribution < -0.4 is 5.73 Å². The van der Waals surface area contributed by atoms with Crippen molar-refractivity contribution in [1.29, 1.82) is 0 Å². The quantitative estimate of drug-likeness (QED) is 0.726. The van der Waals surface area contributed by atoms with Gasteiger partial charge in [0, 0.05) is 6.04 Å². The summed E-state index contributed by atoms with van der Waals surface area (Å²) in [4.78, 5) is 0. The summed E-state index contributed by atoms with van der Waals surface area (Å²) >= 11 is 0. The second-order valence-corrected chi connectivity index (χ2v) is 3.90. The van der Waals surface area contributed by atoms with Gasteiger partial charge in [0.2, 0.25) is 0 Å². The van der Waals surface area contributed by atoms with Crippen LogP contribution in [0, 0.1) is 12.8 Å². The summed E-state index contributed by atoms with van der Waals surface area (Å²) in [6.07, 6.45) is 2.46. The number of aryl methyl sites for hydroxylation is 1. The van der Waals surface area contributed by atoms with E-state index in [2.05, 4.69) is 0 Å². The van der Waals surface area contributed by atoms with E-state index in [-0.39, 0.29) is 6.04 Å². The Kier molecular flexibility index (Phi) is 2.00. The minimum atomic E-state index is 0.118. The lowest BCUT2D eigenvalue weighted by Gasteiger charge is -2.13. The minimum absolute atomic E-state index is 0.118. The third-order valence-electron chi connectivity index (χ3n) is 2.75. The molecule has 2 nitrogen and oxygen atoms in total. The van der Waals surface area contributed by atoms with Crippen LogP contribution in [0.1, 0.15) is 30.0 Å². The molecule has 0 saturated heterocycles. The average Bonchev–Trinajstić information content (AvgIpc) is 2.91. The van der Waals surface area contributed by atoms with E-state index in [1.807, 2.05) is 13.0 Å². The first kappa shape index (κ1) is 8.57. The van der Waals surface area contributed by atoms with Gasteiger partial charge in [-0.05, 0) is 48.9 Å². The Morgan fingerprint density at radius 3 is 2.77 bits per heavy atom. The normalized spacial score (nSPS) is 18.6. The molecule has 0 heterocycles. The molecule has 1 aliphatic rings. The minimum Gasteiger partial charge on any atom is -0.508 e. The molecule has 1 atom stereocenters. The van der Waals surface area contributed by atoms with Crippen LogP contribution in [0.25, 0.3) is 0 Å². The smallest absolute Gasteiger partial charge is 0.115 e. The lowest BCUT2D eigenvalue weighted by atomic mass is 9.98. The molecule has 1 aromatic carbocycles. The number of rotatable bonds is 2. The zero-order chi connectivity index (χ0) is 9.42. The molecule has 0 aliphatic heterocycles. The van der Waals surface area contributed by atoms with Crippen LogP contribution in [-0.4, -0.2) is 5.11 Å². The molecule has 0 unspecified atom stereocenters. The highest BCUT2D eigenvalue weighted by molar-refractivity contribution is 5.36. The average molecular weight is 177 g/mol. The Hall–Kier alpha value is -1.02. The number of phenols is 1. The van der Waals surface area contributed by atoms with Gasteiger partial charge in [0.25, 0.3) is 0 Å². The van der Waals surface area contributed by atoms with Gasteiger partial charge in [0.05, 0.1) is 0 Å². The summed E-state index contributed by atoms with van der Waals surface area (Å²) in [6.45, 7) is 2.04. The summed E-state index contributed by atoms with van der Waals surface area (Å²) in [5.41, 5.74) is 8.34. The lowest BCUT2D eigenvalue weighted by Crippen LogP contribution is -2.13. The van der Waals surface area contributed by atoms with E-state index < -0.39 is 0 Å². The van der Waals surface area contributed by atoms with E-state index in [9.17, 15) is 5.11 Å². The van der Waals surface area contributed by atoms with Crippen molar-refractivity contribution in [3.8, 4) is 5.75 Å². The van der Waals surface area contributed by atoms with Crippen molar-refractivity contribution >= 4 is 0 Å². The third-order valence-corrected chi connectivity index (χ3v) is 2.75. The first-order valence-corrected chi connectivity index (χ1v) is 4.73.